The van der Waals surface area contributed by atoms with E-state index in [-0.39, 0.29) is 5.92 Å². The van der Waals surface area contributed by atoms with Gasteiger partial charge in [0.25, 0.3) is 0 Å². The zero-order valence-electron chi connectivity index (χ0n) is 6.87. The first-order valence-corrected chi connectivity index (χ1v) is 5.15. The Hall–Kier alpha value is -0.590. The van der Waals surface area contributed by atoms with E-state index >= 15 is 0 Å². The molecule has 0 N–H and O–H groups in total. The minimum atomic E-state index is -0.143. The van der Waals surface area contributed by atoms with Crippen molar-refractivity contribution in [3.05, 3.63) is 28.5 Å². The van der Waals surface area contributed by atoms with E-state index in [0.717, 1.165) is 10.2 Å². The molecule has 1 atom stereocenters. The van der Waals surface area contributed by atoms with E-state index in [9.17, 15) is 0 Å². The van der Waals surface area contributed by atoms with Crippen LogP contribution in [0, 0.1) is 17.2 Å². The highest BCUT2D eigenvalue weighted by Gasteiger charge is 2.07. The molecule has 0 amide bonds. The van der Waals surface area contributed by atoms with Gasteiger partial charge in [0.15, 0.2) is 0 Å². The highest BCUT2D eigenvalue weighted by Crippen LogP contribution is 2.11. The van der Waals surface area contributed by atoms with Crippen LogP contribution in [0.5, 0.6) is 0 Å². The van der Waals surface area contributed by atoms with E-state index < -0.39 is 0 Å². The number of alkyl halides is 1. The van der Waals surface area contributed by atoms with Crippen LogP contribution in [0.25, 0.3) is 0 Å². The molecule has 1 aromatic rings. The lowest BCUT2D eigenvalue weighted by Gasteiger charge is -2.03. The van der Waals surface area contributed by atoms with E-state index in [1.165, 1.54) is 0 Å². The highest BCUT2D eigenvalue weighted by molar-refractivity contribution is 9.10. The monoisotopic (exact) mass is 258 g/mol. The molecule has 0 aliphatic carbocycles. The number of aromatic nitrogens is 1. The van der Waals surface area contributed by atoms with Crippen molar-refractivity contribution >= 4 is 27.5 Å². The topological polar surface area (TPSA) is 36.7 Å². The van der Waals surface area contributed by atoms with Gasteiger partial charge in [-0.15, -0.1) is 11.6 Å². The van der Waals surface area contributed by atoms with Crippen LogP contribution >= 0.6 is 27.5 Å². The highest BCUT2D eigenvalue weighted by atomic mass is 79.9. The molecule has 1 unspecified atom stereocenters. The summed E-state index contributed by atoms with van der Waals surface area (Å²) in [5, 5.41) is 8.67. The lowest BCUT2D eigenvalue weighted by atomic mass is 10.1. The number of pyridine rings is 1. The number of nitrogens with zero attached hydrogens (tertiary/aromatic N) is 2. The summed E-state index contributed by atoms with van der Waals surface area (Å²) in [5.74, 6) is 0.212. The zero-order valence-corrected chi connectivity index (χ0v) is 9.22. The van der Waals surface area contributed by atoms with Crippen LogP contribution < -0.4 is 0 Å². The van der Waals surface area contributed by atoms with E-state index in [1.54, 1.807) is 6.20 Å². The summed E-state index contributed by atoms with van der Waals surface area (Å²) in [5.41, 5.74) is 0.899. The Bertz CT molecular complexity index is 304. The molecule has 2 nitrogen and oxygen atoms in total. The predicted molar refractivity (Wildman–Crippen MR) is 55.5 cm³/mol. The Kier molecular flexibility index (Phi) is 4.20. The first kappa shape index (κ1) is 10.5. The first-order chi connectivity index (χ1) is 6.26. The number of nitriles is 1. The third kappa shape index (κ3) is 3.33. The number of hydrogen-bond donors (Lipinski definition) is 0. The molecule has 0 aliphatic heterocycles. The molecule has 0 spiro atoms. The summed E-state index contributed by atoms with van der Waals surface area (Å²) in [6, 6.07) is 5.93. The van der Waals surface area contributed by atoms with Crippen LogP contribution in [-0.2, 0) is 6.42 Å². The summed E-state index contributed by atoms with van der Waals surface area (Å²) in [4.78, 5) is 4.16. The molecule has 0 saturated heterocycles. The van der Waals surface area contributed by atoms with Crippen LogP contribution in [0.1, 0.15) is 5.69 Å². The Morgan fingerprint density at radius 2 is 2.38 bits per heavy atom. The van der Waals surface area contributed by atoms with Crippen molar-refractivity contribution in [3.8, 4) is 6.07 Å². The molecule has 0 aromatic carbocycles. The molecule has 0 fully saturated rings. The third-order valence-electron chi connectivity index (χ3n) is 1.61. The maximum Gasteiger partial charge on any atom is 0.0672 e. The fourth-order valence-corrected chi connectivity index (χ4v) is 1.33. The van der Waals surface area contributed by atoms with Crippen molar-refractivity contribution in [2.45, 2.75) is 6.42 Å². The van der Waals surface area contributed by atoms with Crippen LogP contribution in [0.4, 0.5) is 0 Å². The zero-order chi connectivity index (χ0) is 9.68. The van der Waals surface area contributed by atoms with E-state index in [1.807, 2.05) is 12.1 Å². The van der Waals surface area contributed by atoms with E-state index in [0.29, 0.717) is 12.3 Å². The first-order valence-electron chi connectivity index (χ1n) is 3.82. The lowest BCUT2D eigenvalue weighted by Crippen LogP contribution is -2.04. The van der Waals surface area contributed by atoms with Gasteiger partial charge >= 0.3 is 0 Å². The number of hydrogen-bond acceptors (Lipinski definition) is 2. The van der Waals surface area contributed by atoms with Crippen LogP contribution in [-0.4, -0.2) is 10.9 Å². The van der Waals surface area contributed by atoms with Crippen LogP contribution in [0.15, 0.2) is 22.8 Å². The largest absolute Gasteiger partial charge is 0.260 e. The molecule has 0 aliphatic rings. The third-order valence-corrected chi connectivity index (χ3v) is 2.45. The van der Waals surface area contributed by atoms with Crippen molar-refractivity contribution in [1.82, 2.24) is 4.98 Å². The van der Waals surface area contributed by atoms with E-state index in [4.69, 9.17) is 16.9 Å². The summed E-state index contributed by atoms with van der Waals surface area (Å²) in [6.45, 7) is 0. The van der Waals surface area contributed by atoms with Crippen LogP contribution in [0.2, 0.25) is 0 Å². The van der Waals surface area contributed by atoms with Gasteiger partial charge in [-0.05, 0) is 28.1 Å². The van der Waals surface area contributed by atoms with Crippen molar-refractivity contribution in [1.29, 1.82) is 5.26 Å². The summed E-state index contributed by atoms with van der Waals surface area (Å²) in [6.07, 6.45) is 2.34. The SMILES string of the molecule is N#CC(CCl)Cc1ccc(Br)cn1. The van der Waals surface area contributed by atoms with Gasteiger partial charge in [-0.3, -0.25) is 4.98 Å². The Morgan fingerprint density at radius 3 is 2.85 bits per heavy atom. The van der Waals surface area contributed by atoms with Gasteiger partial charge in [0, 0.05) is 28.7 Å². The minimum absolute atomic E-state index is 0.143. The smallest absolute Gasteiger partial charge is 0.0672 e. The maximum atomic E-state index is 8.67. The van der Waals surface area contributed by atoms with Crippen molar-refractivity contribution in [3.63, 3.8) is 0 Å². The fourth-order valence-electron chi connectivity index (χ4n) is 0.914. The molecule has 1 aromatic heterocycles. The lowest BCUT2D eigenvalue weighted by molar-refractivity contribution is 0.728. The van der Waals surface area contributed by atoms with Crippen molar-refractivity contribution in [2.24, 2.45) is 5.92 Å². The van der Waals surface area contributed by atoms with Gasteiger partial charge in [-0.25, -0.2) is 0 Å². The second kappa shape index (κ2) is 5.21. The Morgan fingerprint density at radius 1 is 1.62 bits per heavy atom. The molecular formula is C9H8BrClN2. The summed E-state index contributed by atoms with van der Waals surface area (Å²) in [7, 11) is 0. The molecule has 1 heterocycles. The predicted octanol–water partition coefficient (Wildman–Crippen LogP) is 2.77. The summed E-state index contributed by atoms with van der Waals surface area (Å²) < 4.78 is 0.940. The molecule has 0 saturated carbocycles. The molecule has 0 radical (unpaired) electrons. The van der Waals surface area contributed by atoms with Crippen molar-refractivity contribution in [2.75, 3.05) is 5.88 Å². The molecule has 0 bridgehead atoms. The minimum Gasteiger partial charge on any atom is -0.260 e. The molecular weight excluding hydrogens is 251 g/mol. The van der Waals surface area contributed by atoms with Gasteiger partial charge in [0.05, 0.1) is 12.0 Å². The van der Waals surface area contributed by atoms with E-state index in [2.05, 4.69) is 27.0 Å². The Balaban J connectivity index is 2.64. The second-order valence-electron chi connectivity index (χ2n) is 2.65. The standard InChI is InChI=1S/C9H8BrClN2/c10-8-1-2-9(13-6-8)3-7(4-11)5-12/h1-2,6-7H,3-4H2. The number of rotatable bonds is 3. The average Bonchev–Trinajstić information content (AvgIpc) is 2.17. The van der Waals surface area contributed by atoms with Gasteiger partial charge in [0.1, 0.15) is 0 Å². The normalized spacial score (nSPS) is 12.1. The van der Waals surface area contributed by atoms with Crippen molar-refractivity contribution < 1.29 is 0 Å². The molecule has 4 heteroatoms. The summed E-state index contributed by atoms with van der Waals surface area (Å²) >= 11 is 8.88. The van der Waals surface area contributed by atoms with Gasteiger partial charge < -0.3 is 0 Å². The van der Waals surface area contributed by atoms with Gasteiger partial charge in [-0.2, -0.15) is 5.26 Å². The molecule has 13 heavy (non-hydrogen) atoms. The molecule has 1 rings (SSSR count). The number of halogens is 2. The second-order valence-corrected chi connectivity index (χ2v) is 3.88. The quantitative estimate of drug-likeness (QED) is 0.783. The molecule has 68 valence electrons. The fraction of sp³-hybridized carbons (Fsp3) is 0.333. The van der Waals surface area contributed by atoms with Gasteiger partial charge in [0.2, 0.25) is 0 Å². The maximum absolute atomic E-state index is 8.67. The average molecular weight is 260 g/mol. The van der Waals surface area contributed by atoms with Crippen LogP contribution in [0.3, 0.4) is 0 Å². The van der Waals surface area contributed by atoms with Gasteiger partial charge in [-0.1, -0.05) is 0 Å². The Labute approximate surface area is 90.7 Å².